The first-order chi connectivity index (χ1) is 22.3. The van der Waals surface area contributed by atoms with Crippen LogP contribution in [0.15, 0.2) is 36.5 Å². The zero-order valence-electron chi connectivity index (χ0n) is 27.7. The number of hydrogen-bond acceptors (Lipinski definition) is 14. The zero-order valence-corrected chi connectivity index (χ0v) is 28.5. The van der Waals surface area contributed by atoms with Crippen molar-refractivity contribution in [3.63, 3.8) is 0 Å². The Hall–Kier alpha value is -3.65. The highest BCUT2D eigenvalue weighted by Gasteiger charge is 2.37. The lowest BCUT2D eigenvalue weighted by Crippen LogP contribution is -2.45. The van der Waals surface area contributed by atoms with E-state index in [1.54, 1.807) is 20.8 Å². The highest BCUT2D eigenvalue weighted by molar-refractivity contribution is 7.99. The van der Waals surface area contributed by atoms with Crippen LogP contribution in [0.3, 0.4) is 0 Å². The number of rotatable bonds is 23. The molecule has 1 unspecified atom stereocenters. The molecular formula is C33H48O13S. The number of ether oxygens (including phenoxy) is 7. The average Bonchev–Trinajstić information content (AvgIpc) is 3.01. The summed E-state index contributed by atoms with van der Waals surface area (Å²) in [6, 6.07) is 0. The van der Waals surface area contributed by atoms with Crippen LogP contribution in [0.2, 0.25) is 0 Å². The summed E-state index contributed by atoms with van der Waals surface area (Å²) in [5.74, 6) is -2.91. The lowest BCUT2D eigenvalue weighted by Gasteiger charge is -2.35. The highest BCUT2D eigenvalue weighted by atomic mass is 32.2. The molecule has 0 radical (unpaired) electrons. The molecule has 14 heteroatoms. The van der Waals surface area contributed by atoms with Crippen LogP contribution >= 0.6 is 11.8 Å². The van der Waals surface area contributed by atoms with Gasteiger partial charge < -0.3 is 33.2 Å². The number of unbranched alkanes of at least 4 members (excludes halogenated alkanes) is 3. The van der Waals surface area contributed by atoms with E-state index in [2.05, 4.69) is 19.7 Å². The molecule has 0 amide bonds. The van der Waals surface area contributed by atoms with E-state index in [1.165, 1.54) is 11.8 Å². The van der Waals surface area contributed by atoms with Crippen LogP contribution in [-0.2, 0) is 61.9 Å². The minimum Gasteiger partial charge on any atom is -0.462 e. The van der Waals surface area contributed by atoms with E-state index in [0.717, 1.165) is 0 Å². The van der Waals surface area contributed by atoms with E-state index in [4.69, 9.17) is 33.2 Å². The lowest BCUT2D eigenvalue weighted by molar-refractivity contribution is -0.184. The van der Waals surface area contributed by atoms with Gasteiger partial charge >= 0.3 is 35.8 Å². The Bertz CT molecular complexity index is 1120. The van der Waals surface area contributed by atoms with Crippen LogP contribution in [0.4, 0.5) is 0 Å². The molecule has 0 aromatic heterocycles. The van der Waals surface area contributed by atoms with Crippen molar-refractivity contribution in [2.24, 2.45) is 0 Å². The Morgan fingerprint density at radius 2 is 1.00 bits per heavy atom. The summed E-state index contributed by atoms with van der Waals surface area (Å²) in [5, 5.41) is 0. The van der Waals surface area contributed by atoms with Crippen molar-refractivity contribution in [1.29, 1.82) is 0 Å². The largest absolute Gasteiger partial charge is 0.462 e. The van der Waals surface area contributed by atoms with Crippen molar-refractivity contribution < 1.29 is 61.9 Å². The summed E-state index contributed by atoms with van der Waals surface area (Å²) in [7, 11) is 0. The first kappa shape index (κ1) is 41.4. The number of thioether (sulfide) groups is 1. The molecule has 1 saturated heterocycles. The summed E-state index contributed by atoms with van der Waals surface area (Å²) >= 11 is 1.20. The Morgan fingerprint density at radius 3 is 1.43 bits per heavy atom. The lowest BCUT2D eigenvalue weighted by atomic mass is 10.1. The molecule has 0 aliphatic carbocycles. The van der Waals surface area contributed by atoms with Gasteiger partial charge in [0.2, 0.25) is 0 Å². The maximum Gasteiger partial charge on any atom is 0.333 e. The average molecular weight is 685 g/mol. The van der Waals surface area contributed by atoms with Crippen LogP contribution in [0.1, 0.15) is 85.0 Å². The molecule has 0 N–H and O–H groups in total. The maximum absolute atomic E-state index is 12.6. The molecule has 1 heterocycles. The van der Waals surface area contributed by atoms with Gasteiger partial charge in [-0.1, -0.05) is 31.5 Å². The van der Waals surface area contributed by atoms with Gasteiger partial charge in [-0.2, -0.15) is 0 Å². The van der Waals surface area contributed by atoms with Gasteiger partial charge in [0, 0.05) is 42.4 Å². The quantitative estimate of drug-likeness (QED) is 0.0479. The van der Waals surface area contributed by atoms with E-state index in [1.807, 2.05) is 0 Å². The fourth-order valence-corrected chi connectivity index (χ4v) is 4.60. The van der Waals surface area contributed by atoms with E-state index in [-0.39, 0.29) is 63.6 Å². The van der Waals surface area contributed by atoms with Gasteiger partial charge in [-0.25, -0.2) is 14.4 Å². The number of carbonyl (C=O) groups is 6. The molecule has 0 bridgehead atoms. The molecular weight excluding hydrogens is 636 g/mol. The summed E-state index contributed by atoms with van der Waals surface area (Å²) in [6.07, 6.45) is 1.54. The summed E-state index contributed by atoms with van der Waals surface area (Å²) in [5.41, 5.74) is 0.389. The Kier molecular flexibility index (Phi) is 20.8. The third kappa shape index (κ3) is 19.6. The maximum atomic E-state index is 12.6. The standard InChI is InChI=1S/C33H48O13S/c1-22(2)31(37)40-16-10-7-13-27(34)44-21-47-30-19-25(45-28(35)14-8-11-17-41-32(38)23(3)4)26(20-43-30)46-29(36)15-9-12-18-42-33(39)24(5)6/h25-26,30H,1,3,5,7-21H2,2,4,6H3/t25-,26+,30?/m0/s1. The van der Waals surface area contributed by atoms with Crippen LogP contribution in [0, 0.1) is 0 Å². The molecule has 1 fully saturated rings. The second kappa shape index (κ2) is 23.6. The molecule has 0 aromatic rings. The fourth-order valence-electron chi connectivity index (χ4n) is 3.75. The number of hydrogen-bond donors (Lipinski definition) is 0. The molecule has 47 heavy (non-hydrogen) atoms. The predicted octanol–water partition coefficient (Wildman–Crippen LogP) is 4.66. The fraction of sp³-hybridized carbons (Fsp3) is 0.636. The Morgan fingerprint density at radius 1 is 0.596 bits per heavy atom. The van der Waals surface area contributed by atoms with E-state index >= 15 is 0 Å². The SMILES string of the molecule is C=C(C)C(=O)OCCCCC(=O)OCSC1C[C@H](OC(=O)CCCCOC(=O)C(=C)C)[C@H](OC(=O)CCCCOC(=O)C(=C)C)CO1. The molecule has 264 valence electrons. The van der Waals surface area contributed by atoms with Crippen LogP contribution in [-0.4, -0.2) is 85.8 Å². The topological polar surface area (TPSA) is 167 Å². The van der Waals surface area contributed by atoms with Gasteiger partial charge in [0.25, 0.3) is 0 Å². The van der Waals surface area contributed by atoms with Crippen molar-refractivity contribution in [3.8, 4) is 0 Å². The summed E-state index contributed by atoms with van der Waals surface area (Å²) < 4.78 is 37.4. The van der Waals surface area contributed by atoms with Crippen LogP contribution in [0.5, 0.6) is 0 Å². The number of esters is 6. The van der Waals surface area contributed by atoms with E-state index in [9.17, 15) is 28.8 Å². The predicted molar refractivity (Wildman–Crippen MR) is 172 cm³/mol. The molecule has 0 aromatic carbocycles. The van der Waals surface area contributed by atoms with Gasteiger partial charge in [0.05, 0.1) is 26.4 Å². The van der Waals surface area contributed by atoms with Crippen molar-refractivity contribution in [1.82, 2.24) is 0 Å². The van der Waals surface area contributed by atoms with Gasteiger partial charge in [-0.3, -0.25) is 14.4 Å². The van der Waals surface area contributed by atoms with Crippen molar-refractivity contribution in [2.75, 3.05) is 32.4 Å². The monoisotopic (exact) mass is 684 g/mol. The normalized spacial score (nSPS) is 17.0. The number of carbonyl (C=O) groups excluding carboxylic acids is 6. The molecule has 0 spiro atoms. The second-order valence-electron chi connectivity index (χ2n) is 11.0. The smallest absolute Gasteiger partial charge is 0.333 e. The molecule has 1 aliphatic heterocycles. The summed E-state index contributed by atoms with van der Waals surface area (Å²) in [6.45, 7) is 15.6. The molecule has 1 aliphatic rings. The van der Waals surface area contributed by atoms with E-state index in [0.29, 0.717) is 49.7 Å². The molecule has 1 rings (SSSR count). The highest BCUT2D eigenvalue weighted by Crippen LogP contribution is 2.28. The minimum atomic E-state index is -0.845. The van der Waals surface area contributed by atoms with Gasteiger partial charge in [-0.05, 0) is 59.3 Å². The van der Waals surface area contributed by atoms with E-state index < -0.39 is 53.5 Å². The van der Waals surface area contributed by atoms with Crippen molar-refractivity contribution in [2.45, 2.75) is 103 Å². The van der Waals surface area contributed by atoms with Crippen molar-refractivity contribution >= 4 is 47.6 Å². The molecule has 3 atom stereocenters. The second-order valence-corrected chi connectivity index (χ2v) is 12.1. The first-order valence-corrected chi connectivity index (χ1v) is 16.6. The minimum absolute atomic E-state index is 0.00186. The van der Waals surface area contributed by atoms with Gasteiger partial charge in [0.1, 0.15) is 17.5 Å². The van der Waals surface area contributed by atoms with Crippen LogP contribution < -0.4 is 0 Å². The molecule has 13 nitrogen and oxygen atoms in total. The third-order valence-electron chi connectivity index (χ3n) is 6.40. The zero-order chi connectivity index (χ0) is 35.2. The Labute approximate surface area is 280 Å². The van der Waals surface area contributed by atoms with Gasteiger partial charge in [0.15, 0.2) is 6.10 Å². The van der Waals surface area contributed by atoms with Gasteiger partial charge in [-0.15, -0.1) is 0 Å². The third-order valence-corrected chi connectivity index (χ3v) is 7.35. The molecule has 0 saturated carbocycles. The summed E-state index contributed by atoms with van der Waals surface area (Å²) in [4.78, 5) is 71.6. The first-order valence-electron chi connectivity index (χ1n) is 15.6. The Balaban J connectivity index is 2.54. The van der Waals surface area contributed by atoms with Crippen molar-refractivity contribution in [3.05, 3.63) is 36.5 Å². The van der Waals surface area contributed by atoms with Crippen LogP contribution in [0.25, 0.3) is 0 Å².